The van der Waals surface area contributed by atoms with E-state index in [0.717, 1.165) is 36.8 Å². The summed E-state index contributed by atoms with van der Waals surface area (Å²) in [6, 6.07) is 8.18. The zero-order chi connectivity index (χ0) is 17.1. The summed E-state index contributed by atoms with van der Waals surface area (Å²) in [6.07, 6.45) is 2.83. The van der Waals surface area contributed by atoms with Crippen molar-refractivity contribution in [3.8, 4) is 0 Å². The Morgan fingerprint density at radius 2 is 1.88 bits per heavy atom. The molecule has 1 aliphatic heterocycles. The Morgan fingerprint density at radius 3 is 2.46 bits per heavy atom. The predicted octanol–water partition coefficient (Wildman–Crippen LogP) is 2.71. The van der Waals surface area contributed by atoms with Gasteiger partial charge in [-0.2, -0.15) is 0 Å². The van der Waals surface area contributed by atoms with Crippen LogP contribution in [-0.2, 0) is 0 Å². The fourth-order valence-corrected chi connectivity index (χ4v) is 3.24. The number of halogens is 1. The number of aromatic carboxylic acids is 1. The molecule has 0 saturated carbocycles. The van der Waals surface area contributed by atoms with Gasteiger partial charge in [-0.25, -0.2) is 14.8 Å². The van der Waals surface area contributed by atoms with Gasteiger partial charge >= 0.3 is 5.97 Å². The molecule has 3 rings (SSSR count). The second-order valence-electron chi connectivity index (χ2n) is 5.79. The SMILES string of the molecule is CC(c1ccccc1Cl)N1CCN(c2cnc(C(=O)O)cn2)CC1. The second-order valence-corrected chi connectivity index (χ2v) is 6.19. The van der Waals surface area contributed by atoms with Crippen molar-refractivity contribution in [1.29, 1.82) is 0 Å². The highest BCUT2D eigenvalue weighted by Gasteiger charge is 2.24. The Hall–Kier alpha value is -2.18. The molecule has 24 heavy (non-hydrogen) atoms. The number of benzene rings is 1. The summed E-state index contributed by atoms with van der Waals surface area (Å²) in [5.41, 5.74) is 1.10. The van der Waals surface area contributed by atoms with Gasteiger partial charge in [-0.1, -0.05) is 29.8 Å². The van der Waals surface area contributed by atoms with Gasteiger partial charge in [-0.05, 0) is 18.6 Å². The zero-order valence-corrected chi connectivity index (χ0v) is 14.1. The molecule has 0 radical (unpaired) electrons. The van der Waals surface area contributed by atoms with Crippen LogP contribution in [0.15, 0.2) is 36.7 Å². The Morgan fingerprint density at radius 1 is 1.17 bits per heavy atom. The number of piperazine rings is 1. The first-order valence-electron chi connectivity index (χ1n) is 7.85. The van der Waals surface area contributed by atoms with E-state index in [1.54, 1.807) is 0 Å². The molecule has 126 valence electrons. The van der Waals surface area contributed by atoms with Crippen LogP contribution in [-0.4, -0.2) is 52.1 Å². The standard InChI is InChI=1S/C17H19ClN4O2/c1-12(13-4-2-3-5-14(13)18)21-6-8-22(9-7-21)16-11-19-15(10-20-16)17(23)24/h2-5,10-12H,6-9H2,1H3,(H,23,24). The van der Waals surface area contributed by atoms with Gasteiger partial charge in [0.15, 0.2) is 5.69 Å². The van der Waals surface area contributed by atoms with Gasteiger partial charge in [0.25, 0.3) is 0 Å². The highest BCUT2D eigenvalue weighted by Crippen LogP contribution is 2.28. The summed E-state index contributed by atoms with van der Waals surface area (Å²) in [7, 11) is 0. The van der Waals surface area contributed by atoms with E-state index in [2.05, 4.69) is 32.8 Å². The molecule has 2 heterocycles. The first kappa shape index (κ1) is 16.7. The minimum absolute atomic E-state index is 0.0373. The molecule has 0 bridgehead atoms. The molecule has 1 atom stereocenters. The van der Waals surface area contributed by atoms with E-state index in [-0.39, 0.29) is 11.7 Å². The lowest BCUT2D eigenvalue weighted by Crippen LogP contribution is -2.47. The van der Waals surface area contributed by atoms with Crippen molar-refractivity contribution in [3.63, 3.8) is 0 Å². The first-order chi connectivity index (χ1) is 11.6. The number of nitrogens with zero attached hydrogens (tertiary/aromatic N) is 4. The molecule has 1 unspecified atom stereocenters. The molecule has 1 aromatic heterocycles. The largest absolute Gasteiger partial charge is 0.476 e. The molecule has 2 aromatic rings. The first-order valence-corrected chi connectivity index (χ1v) is 8.23. The lowest BCUT2D eigenvalue weighted by Gasteiger charge is -2.38. The van der Waals surface area contributed by atoms with Crippen LogP contribution in [0.5, 0.6) is 0 Å². The molecule has 0 aliphatic carbocycles. The van der Waals surface area contributed by atoms with Crippen molar-refractivity contribution in [1.82, 2.24) is 14.9 Å². The summed E-state index contributed by atoms with van der Waals surface area (Å²) < 4.78 is 0. The van der Waals surface area contributed by atoms with Crippen LogP contribution in [0.1, 0.15) is 29.0 Å². The number of carbonyl (C=O) groups is 1. The summed E-state index contributed by atoms with van der Waals surface area (Å²) in [5, 5.41) is 9.67. The summed E-state index contributed by atoms with van der Waals surface area (Å²) in [5.74, 6) is -0.350. The van der Waals surface area contributed by atoms with Gasteiger partial charge in [0.1, 0.15) is 5.82 Å². The van der Waals surface area contributed by atoms with Gasteiger partial charge in [-0.15, -0.1) is 0 Å². The van der Waals surface area contributed by atoms with E-state index in [1.807, 2.05) is 18.2 Å². The number of carboxylic acid groups (broad SMARTS) is 1. The quantitative estimate of drug-likeness (QED) is 0.918. The van der Waals surface area contributed by atoms with Crippen molar-refractivity contribution < 1.29 is 9.90 Å². The highest BCUT2D eigenvalue weighted by molar-refractivity contribution is 6.31. The molecule has 1 N–H and O–H groups in total. The van der Waals surface area contributed by atoms with Gasteiger partial charge in [-0.3, -0.25) is 4.90 Å². The third-order valence-corrected chi connectivity index (χ3v) is 4.74. The molecular formula is C17H19ClN4O2. The summed E-state index contributed by atoms with van der Waals surface area (Å²) >= 11 is 6.30. The maximum absolute atomic E-state index is 10.8. The average molecular weight is 347 g/mol. The number of aromatic nitrogens is 2. The van der Waals surface area contributed by atoms with E-state index in [9.17, 15) is 4.79 Å². The van der Waals surface area contributed by atoms with E-state index in [0.29, 0.717) is 5.82 Å². The summed E-state index contributed by atoms with van der Waals surface area (Å²) in [4.78, 5) is 23.5. The molecule has 0 amide bonds. The van der Waals surface area contributed by atoms with Crippen molar-refractivity contribution in [2.45, 2.75) is 13.0 Å². The van der Waals surface area contributed by atoms with Gasteiger partial charge in [0.05, 0.1) is 12.4 Å². The molecule has 0 spiro atoms. The van der Waals surface area contributed by atoms with E-state index in [1.165, 1.54) is 12.4 Å². The second kappa shape index (κ2) is 7.15. The lowest BCUT2D eigenvalue weighted by atomic mass is 10.1. The van der Waals surface area contributed by atoms with Gasteiger partial charge in [0.2, 0.25) is 0 Å². The Labute approximate surface area is 145 Å². The van der Waals surface area contributed by atoms with E-state index < -0.39 is 5.97 Å². The van der Waals surface area contributed by atoms with Crippen LogP contribution >= 0.6 is 11.6 Å². The minimum Gasteiger partial charge on any atom is -0.476 e. The number of anilines is 1. The van der Waals surface area contributed by atoms with Gasteiger partial charge in [0, 0.05) is 37.2 Å². The number of carboxylic acids is 1. The molecular weight excluding hydrogens is 328 g/mol. The molecule has 1 aromatic carbocycles. The number of rotatable bonds is 4. The third kappa shape index (κ3) is 3.49. The van der Waals surface area contributed by atoms with Crippen LogP contribution in [0, 0.1) is 0 Å². The van der Waals surface area contributed by atoms with Crippen LogP contribution in [0.25, 0.3) is 0 Å². The molecule has 1 saturated heterocycles. The predicted molar refractivity (Wildman–Crippen MR) is 92.6 cm³/mol. The fraction of sp³-hybridized carbons (Fsp3) is 0.353. The van der Waals surface area contributed by atoms with Gasteiger partial charge < -0.3 is 10.0 Å². The van der Waals surface area contributed by atoms with Crippen molar-refractivity contribution in [2.75, 3.05) is 31.1 Å². The minimum atomic E-state index is -1.06. The number of hydrogen-bond acceptors (Lipinski definition) is 5. The zero-order valence-electron chi connectivity index (χ0n) is 13.4. The van der Waals surface area contributed by atoms with Crippen LogP contribution in [0.3, 0.4) is 0 Å². The van der Waals surface area contributed by atoms with Crippen molar-refractivity contribution >= 4 is 23.4 Å². The Bertz CT molecular complexity index is 715. The smallest absolute Gasteiger partial charge is 0.356 e. The van der Waals surface area contributed by atoms with Crippen molar-refractivity contribution in [3.05, 3.63) is 52.9 Å². The number of hydrogen-bond donors (Lipinski definition) is 1. The summed E-state index contributed by atoms with van der Waals surface area (Å²) in [6.45, 7) is 5.56. The van der Waals surface area contributed by atoms with E-state index in [4.69, 9.17) is 16.7 Å². The maximum atomic E-state index is 10.8. The Kier molecular flexibility index (Phi) is 4.97. The van der Waals surface area contributed by atoms with Crippen LogP contribution in [0.4, 0.5) is 5.82 Å². The topological polar surface area (TPSA) is 69.6 Å². The highest BCUT2D eigenvalue weighted by atomic mass is 35.5. The average Bonchev–Trinajstić information content (AvgIpc) is 2.62. The van der Waals surface area contributed by atoms with Crippen molar-refractivity contribution in [2.24, 2.45) is 0 Å². The molecule has 1 fully saturated rings. The Balaban J connectivity index is 1.63. The molecule has 6 nitrogen and oxygen atoms in total. The normalized spacial score (nSPS) is 16.8. The monoisotopic (exact) mass is 346 g/mol. The van der Waals surface area contributed by atoms with Crippen LogP contribution in [0.2, 0.25) is 5.02 Å². The lowest BCUT2D eigenvalue weighted by molar-refractivity contribution is 0.0690. The molecule has 7 heteroatoms. The van der Waals surface area contributed by atoms with Crippen LogP contribution < -0.4 is 4.90 Å². The maximum Gasteiger partial charge on any atom is 0.356 e. The van der Waals surface area contributed by atoms with E-state index >= 15 is 0 Å². The third-order valence-electron chi connectivity index (χ3n) is 4.40. The molecule has 1 aliphatic rings. The fourth-order valence-electron chi connectivity index (χ4n) is 2.94.